The van der Waals surface area contributed by atoms with Crippen LogP contribution in [0, 0.1) is 12.7 Å². The van der Waals surface area contributed by atoms with Gasteiger partial charge < -0.3 is 11.1 Å². The highest BCUT2D eigenvalue weighted by Gasteiger charge is 2.32. The Balaban J connectivity index is 1.65. The Bertz CT molecular complexity index is 1080. The molecule has 1 unspecified atom stereocenters. The van der Waals surface area contributed by atoms with Crippen LogP contribution >= 0.6 is 11.9 Å². The van der Waals surface area contributed by atoms with Gasteiger partial charge in [0.25, 0.3) is 5.91 Å². The highest BCUT2D eigenvalue weighted by molar-refractivity contribution is 7.99. The molecule has 0 saturated heterocycles. The van der Waals surface area contributed by atoms with Crippen molar-refractivity contribution in [1.29, 1.82) is 0 Å². The molecule has 0 aliphatic carbocycles. The fraction of sp³-hybridized carbons (Fsp3) is 0.188. The van der Waals surface area contributed by atoms with Crippen LogP contribution < -0.4 is 16.0 Å². The van der Waals surface area contributed by atoms with E-state index in [0.717, 1.165) is 34.1 Å². The smallest absolute Gasteiger partial charge is 0.261 e. The Kier molecular flexibility index (Phi) is 4.15. The predicted octanol–water partition coefficient (Wildman–Crippen LogP) is 1.75. The van der Waals surface area contributed by atoms with E-state index in [0.29, 0.717) is 0 Å². The van der Waals surface area contributed by atoms with E-state index in [1.807, 2.05) is 30.9 Å². The third kappa shape index (κ3) is 2.95. The van der Waals surface area contributed by atoms with Crippen LogP contribution in [0.25, 0.3) is 5.65 Å². The summed E-state index contributed by atoms with van der Waals surface area (Å²) < 4.78 is 18.8. The van der Waals surface area contributed by atoms with Crippen molar-refractivity contribution in [3.05, 3.63) is 47.8 Å². The molecule has 0 aromatic carbocycles. The summed E-state index contributed by atoms with van der Waals surface area (Å²) in [5, 5.41) is 6.82. The number of carbonyl (C=O) groups is 1. The number of hydrogen-bond acceptors (Lipinski definition) is 8. The summed E-state index contributed by atoms with van der Waals surface area (Å²) >= 11 is 1.21. The van der Waals surface area contributed by atoms with Crippen LogP contribution in [0.3, 0.4) is 0 Å². The normalized spacial score (nSPS) is 16.6. The Hall–Kier alpha value is -3.21. The first-order valence-corrected chi connectivity index (χ1v) is 8.81. The van der Waals surface area contributed by atoms with Crippen LogP contribution in [-0.4, -0.2) is 36.8 Å². The monoisotopic (exact) mass is 386 g/mol. The number of nitrogens with two attached hydrogens (primary N) is 1. The van der Waals surface area contributed by atoms with Gasteiger partial charge in [-0.3, -0.25) is 14.7 Å². The Morgan fingerprint density at radius 3 is 2.96 bits per heavy atom. The van der Waals surface area contributed by atoms with Crippen LogP contribution in [0.5, 0.6) is 0 Å². The number of nitrogen functional groups attached to an aromatic ring is 1. The van der Waals surface area contributed by atoms with Crippen molar-refractivity contribution in [2.24, 2.45) is 4.40 Å². The van der Waals surface area contributed by atoms with E-state index >= 15 is 0 Å². The average Bonchev–Trinajstić information content (AvgIpc) is 3.14. The Morgan fingerprint density at radius 1 is 1.37 bits per heavy atom. The molecule has 27 heavy (non-hydrogen) atoms. The molecule has 11 heteroatoms. The molecule has 1 amide bonds. The van der Waals surface area contributed by atoms with Gasteiger partial charge in [0.15, 0.2) is 22.8 Å². The van der Waals surface area contributed by atoms with Gasteiger partial charge >= 0.3 is 0 Å². The van der Waals surface area contributed by atoms with E-state index < -0.39 is 17.2 Å². The maximum absolute atomic E-state index is 13.3. The molecule has 3 N–H and O–H groups in total. The second-order valence-electron chi connectivity index (χ2n) is 5.85. The zero-order valence-corrected chi connectivity index (χ0v) is 15.2. The van der Waals surface area contributed by atoms with Crippen molar-refractivity contribution in [2.45, 2.75) is 19.3 Å². The summed E-state index contributed by atoms with van der Waals surface area (Å²) in [4.78, 5) is 23.0. The highest BCUT2D eigenvalue weighted by atomic mass is 32.2. The number of amidine groups is 1. The fourth-order valence-electron chi connectivity index (χ4n) is 2.84. The molecule has 1 atom stereocenters. The SMILES string of the molecule is CC1=NSC(NC(=O)c2c(N)nn3cc(F)cnc23)N1c1cccnc1C. The lowest BCUT2D eigenvalue weighted by molar-refractivity contribution is 0.0953. The van der Waals surface area contributed by atoms with E-state index in [-0.39, 0.29) is 17.0 Å². The van der Waals surface area contributed by atoms with Gasteiger partial charge in [0.1, 0.15) is 11.4 Å². The molecule has 1 aliphatic rings. The minimum atomic E-state index is -0.578. The Morgan fingerprint density at radius 2 is 2.19 bits per heavy atom. The quantitative estimate of drug-likeness (QED) is 0.659. The third-order valence-electron chi connectivity index (χ3n) is 4.06. The molecule has 4 heterocycles. The lowest BCUT2D eigenvalue weighted by Crippen LogP contribution is -2.46. The number of aromatic nitrogens is 4. The lowest BCUT2D eigenvalue weighted by Gasteiger charge is -2.27. The van der Waals surface area contributed by atoms with Crippen molar-refractivity contribution in [1.82, 2.24) is 24.9 Å². The van der Waals surface area contributed by atoms with Crippen LogP contribution in [-0.2, 0) is 0 Å². The number of nitrogens with zero attached hydrogens (tertiary/aromatic N) is 6. The Labute approximate surface area is 157 Å². The van der Waals surface area contributed by atoms with Crippen molar-refractivity contribution in [3.8, 4) is 0 Å². The maximum Gasteiger partial charge on any atom is 0.261 e. The number of rotatable bonds is 3. The lowest BCUT2D eigenvalue weighted by atomic mass is 10.2. The van der Waals surface area contributed by atoms with E-state index in [1.54, 1.807) is 6.20 Å². The predicted molar refractivity (Wildman–Crippen MR) is 101 cm³/mol. The van der Waals surface area contributed by atoms with E-state index in [1.165, 1.54) is 11.9 Å². The summed E-state index contributed by atoms with van der Waals surface area (Å²) in [5.74, 6) is -0.356. The molecular formula is C16H15FN8OS. The summed E-state index contributed by atoms with van der Waals surface area (Å²) in [5.41, 5.74) is 7.28. The topological polar surface area (TPSA) is 114 Å². The number of amides is 1. The van der Waals surface area contributed by atoms with Gasteiger partial charge in [-0.05, 0) is 26.0 Å². The van der Waals surface area contributed by atoms with Gasteiger partial charge in [-0.2, -0.15) is 4.40 Å². The van der Waals surface area contributed by atoms with Gasteiger partial charge in [0.2, 0.25) is 0 Å². The summed E-state index contributed by atoms with van der Waals surface area (Å²) in [6.07, 6.45) is 3.82. The van der Waals surface area contributed by atoms with Gasteiger partial charge in [-0.15, -0.1) is 5.10 Å². The molecule has 9 nitrogen and oxygen atoms in total. The first kappa shape index (κ1) is 17.2. The molecule has 3 aromatic rings. The zero-order valence-electron chi connectivity index (χ0n) is 14.4. The fourth-order valence-corrected chi connectivity index (χ4v) is 3.70. The van der Waals surface area contributed by atoms with Crippen molar-refractivity contribution in [3.63, 3.8) is 0 Å². The number of aryl methyl sites for hydroxylation is 1. The number of nitrogens with one attached hydrogen (secondary N) is 1. The van der Waals surface area contributed by atoms with Crippen molar-refractivity contribution in [2.75, 3.05) is 10.6 Å². The van der Waals surface area contributed by atoms with E-state index in [2.05, 4.69) is 24.8 Å². The minimum Gasteiger partial charge on any atom is -0.381 e. The van der Waals surface area contributed by atoms with Crippen LogP contribution in [0.2, 0.25) is 0 Å². The minimum absolute atomic E-state index is 0.0321. The molecule has 4 rings (SSSR count). The zero-order chi connectivity index (χ0) is 19.1. The highest BCUT2D eigenvalue weighted by Crippen LogP contribution is 2.31. The molecular weight excluding hydrogens is 371 g/mol. The molecule has 3 aromatic heterocycles. The largest absolute Gasteiger partial charge is 0.381 e. The molecule has 0 fully saturated rings. The number of pyridine rings is 1. The second kappa shape index (κ2) is 6.50. The molecule has 0 radical (unpaired) electrons. The number of carbonyl (C=O) groups excluding carboxylic acids is 1. The summed E-state index contributed by atoms with van der Waals surface area (Å²) in [6.45, 7) is 3.73. The van der Waals surface area contributed by atoms with Crippen LogP contribution in [0.1, 0.15) is 23.0 Å². The first-order valence-electron chi connectivity index (χ1n) is 7.97. The summed E-state index contributed by atoms with van der Waals surface area (Å²) in [7, 11) is 0. The third-order valence-corrected chi connectivity index (χ3v) is 4.95. The standard InChI is InChI=1S/C16H15FN8OS/c1-8-11(4-3-5-19-8)25-9(2)23-27-16(25)21-15(26)12-13(18)22-24-7-10(17)6-20-14(12)24/h3-7,16H,1-2H3,(H2,18,22)(H,21,26). The molecule has 0 spiro atoms. The summed E-state index contributed by atoms with van der Waals surface area (Å²) in [6, 6.07) is 3.72. The number of fused-ring (bicyclic) bond motifs is 1. The molecule has 0 saturated carbocycles. The number of hydrogen-bond donors (Lipinski definition) is 2. The number of anilines is 2. The van der Waals surface area contributed by atoms with Gasteiger partial charge in [-0.25, -0.2) is 13.9 Å². The van der Waals surface area contributed by atoms with Crippen LogP contribution in [0.15, 0.2) is 35.1 Å². The van der Waals surface area contributed by atoms with Gasteiger partial charge in [0.05, 0.1) is 23.8 Å². The van der Waals surface area contributed by atoms with Crippen molar-refractivity contribution < 1.29 is 9.18 Å². The van der Waals surface area contributed by atoms with E-state index in [9.17, 15) is 9.18 Å². The van der Waals surface area contributed by atoms with E-state index in [4.69, 9.17) is 5.73 Å². The molecule has 0 bridgehead atoms. The average molecular weight is 386 g/mol. The maximum atomic E-state index is 13.3. The second-order valence-corrected chi connectivity index (χ2v) is 6.69. The van der Waals surface area contributed by atoms with Gasteiger partial charge in [0, 0.05) is 18.1 Å². The van der Waals surface area contributed by atoms with Crippen molar-refractivity contribution >= 4 is 40.8 Å². The van der Waals surface area contributed by atoms with Crippen LogP contribution in [0.4, 0.5) is 15.9 Å². The first-order chi connectivity index (χ1) is 13.0. The van der Waals surface area contributed by atoms with Gasteiger partial charge in [-0.1, -0.05) is 0 Å². The molecule has 1 aliphatic heterocycles. The molecule has 138 valence electrons. The number of halogens is 1.